The molecule has 0 radical (unpaired) electrons. The van der Waals surface area contributed by atoms with Gasteiger partial charge in [-0.2, -0.15) is 0 Å². The molecule has 7 nitrogen and oxygen atoms in total. The molecule has 2 aromatic rings. The normalized spacial score (nSPS) is 11.6. The Morgan fingerprint density at radius 2 is 1.60 bits per heavy atom. The number of carbonyl (C=O) groups is 3. The molecule has 0 aromatic heterocycles. The Hall–Kier alpha value is -3.06. The lowest BCUT2D eigenvalue weighted by Gasteiger charge is -2.18. The molecule has 2 rings (SSSR count). The second-order valence-electron chi connectivity index (χ2n) is 5.18. The van der Waals surface area contributed by atoms with Crippen LogP contribution in [0.3, 0.4) is 0 Å². The minimum absolute atomic E-state index is 0.260. The average molecular weight is 364 g/mol. The molecule has 25 heavy (non-hydrogen) atoms. The van der Waals surface area contributed by atoms with Crippen molar-refractivity contribution >= 4 is 29.4 Å². The molecule has 4 N–H and O–H groups in total. The number of phenols is 1. The third-order valence-corrected chi connectivity index (χ3v) is 3.72. The molecule has 2 aromatic carbocycles. The van der Waals surface area contributed by atoms with Gasteiger partial charge in [0.2, 0.25) is 0 Å². The number of para-hydroxylation sites is 1. The van der Waals surface area contributed by atoms with Gasteiger partial charge in [-0.25, -0.2) is 4.79 Å². The van der Waals surface area contributed by atoms with Gasteiger partial charge in [-0.1, -0.05) is 29.8 Å². The number of aromatic carboxylic acids is 1. The zero-order valence-electron chi connectivity index (χ0n) is 12.8. The van der Waals surface area contributed by atoms with Gasteiger partial charge in [0.25, 0.3) is 5.91 Å². The van der Waals surface area contributed by atoms with Crippen LogP contribution in [0.15, 0.2) is 42.5 Å². The maximum Gasteiger partial charge on any atom is 0.339 e. The van der Waals surface area contributed by atoms with Crippen molar-refractivity contribution in [1.29, 1.82) is 0 Å². The molecule has 0 aliphatic rings. The summed E-state index contributed by atoms with van der Waals surface area (Å²) in [7, 11) is 0. The molecule has 0 fully saturated rings. The first-order chi connectivity index (χ1) is 11.8. The Morgan fingerprint density at radius 3 is 2.16 bits per heavy atom. The molecule has 0 heterocycles. The van der Waals surface area contributed by atoms with Gasteiger partial charge >= 0.3 is 11.9 Å². The molecule has 1 amide bonds. The number of aliphatic carboxylic acids is 1. The van der Waals surface area contributed by atoms with E-state index in [0.29, 0.717) is 10.6 Å². The third kappa shape index (κ3) is 4.48. The second-order valence-corrected chi connectivity index (χ2v) is 5.62. The van der Waals surface area contributed by atoms with Crippen molar-refractivity contribution in [2.45, 2.75) is 12.5 Å². The molecule has 0 aliphatic heterocycles. The quantitative estimate of drug-likeness (QED) is 0.625. The fourth-order valence-corrected chi connectivity index (χ4v) is 2.38. The monoisotopic (exact) mass is 363 g/mol. The van der Waals surface area contributed by atoms with Crippen molar-refractivity contribution in [3.8, 4) is 5.75 Å². The Kier molecular flexibility index (Phi) is 5.61. The fraction of sp³-hybridized carbons (Fsp3) is 0.118. The predicted molar refractivity (Wildman–Crippen MR) is 89.0 cm³/mol. The number of carboxylic acid groups (broad SMARTS) is 2. The summed E-state index contributed by atoms with van der Waals surface area (Å²) in [4.78, 5) is 34.5. The molecule has 1 unspecified atom stereocenters. The third-order valence-electron chi connectivity index (χ3n) is 3.47. The van der Waals surface area contributed by atoms with E-state index in [1.54, 1.807) is 24.3 Å². The van der Waals surface area contributed by atoms with Crippen molar-refractivity contribution in [2.24, 2.45) is 0 Å². The standard InChI is InChI=1S/C17H14ClNO6/c18-10-6-4-9(5-7-10)13(8-14(20)21)19-16(23)11-2-1-3-12(15(11)22)17(24)25/h1-7,13,22H,8H2,(H,19,23)(H,20,21)(H,24,25). The Labute approximate surface area is 147 Å². The van der Waals surface area contributed by atoms with Crippen molar-refractivity contribution < 1.29 is 29.7 Å². The molecular weight excluding hydrogens is 350 g/mol. The van der Waals surface area contributed by atoms with Gasteiger partial charge in [-0.05, 0) is 29.8 Å². The predicted octanol–water partition coefficient (Wildman–Crippen LogP) is 2.69. The van der Waals surface area contributed by atoms with Gasteiger partial charge in [-0.3, -0.25) is 9.59 Å². The van der Waals surface area contributed by atoms with E-state index in [2.05, 4.69) is 5.32 Å². The number of carbonyl (C=O) groups excluding carboxylic acids is 1. The summed E-state index contributed by atoms with van der Waals surface area (Å²) in [5.41, 5.74) is -0.174. The van der Waals surface area contributed by atoms with E-state index >= 15 is 0 Å². The first-order valence-electron chi connectivity index (χ1n) is 7.13. The van der Waals surface area contributed by atoms with Crippen LogP contribution in [-0.4, -0.2) is 33.2 Å². The minimum Gasteiger partial charge on any atom is -0.506 e. The maximum absolute atomic E-state index is 12.4. The van der Waals surface area contributed by atoms with Gasteiger partial charge in [0, 0.05) is 5.02 Å². The van der Waals surface area contributed by atoms with E-state index in [0.717, 1.165) is 6.07 Å². The van der Waals surface area contributed by atoms with Crippen molar-refractivity contribution in [2.75, 3.05) is 0 Å². The number of hydrogen-bond acceptors (Lipinski definition) is 4. The van der Waals surface area contributed by atoms with Crippen LogP contribution >= 0.6 is 11.6 Å². The van der Waals surface area contributed by atoms with Gasteiger partial charge in [0.05, 0.1) is 18.0 Å². The highest BCUT2D eigenvalue weighted by Crippen LogP contribution is 2.25. The number of benzene rings is 2. The lowest BCUT2D eigenvalue weighted by molar-refractivity contribution is -0.137. The molecule has 0 aliphatic carbocycles. The largest absolute Gasteiger partial charge is 0.506 e. The van der Waals surface area contributed by atoms with E-state index in [1.165, 1.54) is 12.1 Å². The van der Waals surface area contributed by atoms with Crippen LogP contribution < -0.4 is 5.32 Å². The smallest absolute Gasteiger partial charge is 0.339 e. The minimum atomic E-state index is -1.38. The number of amides is 1. The Bertz CT molecular complexity index is 818. The molecular formula is C17H14ClNO6. The van der Waals surface area contributed by atoms with Crippen LogP contribution in [-0.2, 0) is 4.79 Å². The van der Waals surface area contributed by atoms with Gasteiger partial charge in [-0.15, -0.1) is 0 Å². The van der Waals surface area contributed by atoms with E-state index in [1.807, 2.05) is 0 Å². The Morgan fingerprint density at radius 1 is 1.00 bits per heavy atom. The molecule has 0 bridgehead atoms. The molecule has 0 saturated carbocycles. The van der Waals surface area contributed by atoms with Crippen LogP contribution in [0.5, 0.6) is 5.75 Å². The Balaban J connectivity index is 2.31. The topological polar surface area (TPSA) is 124 Å². The molecule has 8 heteroatoms. The van der Waals surface area contributed by atoms with E-state index in [4.69, 9.17) is 21.8 Å². The highest BCUT2D eigenvalue weighted by molar-refractivity contribution is 6.30. The highest BCUT2D eigenvalue weighted by Gasteiger charge is 2.22. The zero-order chi connectivity index (χ0) is 18.6. The zero-order valence-corrected chi connectivity index (χ0v) is 13.5. The molecule has 130 valence electrons. The van der Waals surface area contributed by atoms with Crippen LogP contribution in [0.25, 0.3) is 0 Å². The van der Waals surface area contributed by atoms with Crippen molar-refractivity contribution in [1.82, 2.24) is 5.32 Å². The summed E-state index contributed by atoms with van der Waals surface area (Å²) < 4.78 is 0. The summed E-state index contributed by atoms with van der Waals surface area (Å²) in [5.74, 6) is -3.99. The van der Waals surface area contributed by atoms with Gasteiger partial charge in [0.15, 0.2) is 0 Å². The van der Waals surface area contributed by atoms with Gasteiger partial charge < -0.3 is 20.6 Å². The van der Waals surface area contributed by atoms with Crippen molar-refractivity contribution in [3.05, 3.63) is 64.2 Å². The van der Waals surface area contributed by atoms with Gasteiger partial charge in [0.1, 0.15) is 11.3 Å². The van der Waals surface area contributed by atoms with Crippen LogP contribution in [0, 0.1) is 0 Å². The van der Waals surface area contributed by atoms with E-state index in [9.17, 15) is 19.5 Å². The summed E-state index contributed by atoms with van der Waals surface area (Å²) in [5, 5.41) is 30.9. The number of aromatic hydroxyl groups is 1. The van der Waals surface area contributed by atoms with Crippen LogP contribution in [0.4, 0.5) is 0 Å². The summed E-state index contributed by atoms with van der Waals surface area (Å²) in [6, 6.07) is 9.09. The number of rotatable bonds is 6. The SMILES string of the molecule is O=C(O)CC(NC(=O)c1cccc(C(=O)O)c1O)c1ccc(Cl)cc1. The first-order valence-corrected chi connectivity index (χ1v) is 7.50. The number of carboxylic acids is 2. The first kappa shape index (κ1) is 18.3. The number of hydrogen-bond donors (Lipinski definition) is 4. The molecule has 0 spiro atoms. The van der Waals surface area contributed by atoms with Crippen molar-refractivity contribution in [3.63, 3.8) is 0 Å². The summed E-state index contributed by atoms with van der Waals surface area (Å²) in [6.07, 6.45) is -0.396. The summed E-state index contributed by atoms with van der Waals surface area (Å²) >= 11 is 5.80. The van der Waals surface area contributed by atoms with E-state index < -0.39 is 41.6 Å². The number of nitrogens with one attached hydrogen (secondary N) is 1. The lowest BCUT2D eigenvalue weighted by atomic mass is 10.0. The highest BCUT2D eigenvalue weighted by atomic mass is 35.5. The van der Waals surface area contributed by atoms with E-state index in [-0.39, 0.29) is 5.56 Å². The maximum atomic E-state index is 12.4. The molecule has 1 atom stereocenters. The average Bonchev–Trinajstić information content (AvgIpc) is 2.54. The number of halogens is 1. The fourth-order valence-electron chi connectivity index (χ4n) is 2.26. The summed E-state index contributed by atoms with van der Waals surface area (Å²) in [6.45, 7) is 0. The molecule has 0 saturated heterocycles. The lowest BCUT2D eigenvalue weighted by Crippen LogP contribution is -2.30. The van der Waals surface area contributed by atoms with Crippen LogP contribution in [0.1, 0.15) is 38.7 Å². The second kappa shape index (κ2) is 7.67. The van der Waals surface area contributed by atoms with Crippen LogP contribution in [0.2, 0.25) is 5.02 Å².